The zero-order valence-corrected chi connectivity index (χ0v) is 11.6. The molecule has 1 aliphatic heterocycles. The highest BCUT2D eigenvalue weighted by Gasteiger charge is 2.16. The van der Waals surface area contributed by atoms with E-state index in [0.717, 1.165) is 16.9 Å². The summed E-state index contributed by atoms with van der Waals surface area (Å²) in [5.74, 6) is 0.748. The monoisotopic (exact) mass is 268 g/mol. The first kappa shape index (κ1) is 12.9. The highest BCUT2D eigenvalue weighted by molar-refractivity contribution is 6.09. The molecule has 1 aliphatic rings. The number of rotatable bonds is 3. The molecule has 3 heteroatoms. The fourth-order valence-electron chi connectivity index (χ4n) is 2.44. The minimum absolute atomic E-state index is 0.0120. The molecule has 0 unspecified atom stereocenters. The largest absolute Gasteiger partial charge is 0.496 e. The number of methoxy groups -OCH3 is 1. The lowest BCUT2D eigenvalue weighted by atomic mass is 9.98. The SMILES string of the molecule is COc1cc(C(=O)c2ccc3c(c2)COC3)ccc1C. The summed E-state index contributed by atoms with van der Waals surface area (Å²) in [4.78, 5) is 12.5. The Hall–Kier alpha value is -2.13. The average molecular weight is 268 g/mol. The van der Waals surface area contributed by atoms with Gasteiger partial charge in [-0.3, -0.25) is 4.79 Å². The van der Waals surface area contributed by atoms with E-state index in [1.54, 1.807) is 13.2 Å². The van der Waals surface area contributed by atoms with Crippen LogP contribution in [0.1, 0.15) is 32.6 Å². The summed E-state index contributed by atoms with van der Waals surface area (Å²) in [6, 6.07) is 11.3. The average Bonchev–Trinajstić information content (AvgIpc) is 2.94. The van der Waals surface area contributed by atoms with E-state index in [0.29, 0.717) is 24.3 Å². The number of ketones is 1. The first-order chi connectivity index (χ1) is 9.69. The van der Waals surface area contributed by atoms with Gasteiger partial charge in [-0.05, 0) is 35.7 Å². The second kappa shape index (κ2) is 5.10. The third kappa shape index (κ3) is 2.21. The number of fused-ring (bicyclic) bond motifs is 1. The predicted molar refractivity (Wildman–Crippen MR) is 76.1 cm³/mol. The van der Waals surface area contributed by atoms with Crippen LogP contribution in [0, 0.1) is 6.92 Å². The molecule has 102 valence electrons. The fraction of sp³-hybridized carbons (Fsp3) is 0.235. The van der Waals surface area contributed by atoms with Crippen molar-refractivity contribution in [2.75, 3.05) is 7.11 Å². The van der Waals surface area contributed by atoms with Crippen LogP contribution in [0.25, 0.3) is 0 Å². The molecule has 0 amide bonds. The van der Waals surface area contributed by atoms with Crippen molar-refractivity contribution in [3.8, 4) is 5.75 Å². The third-order valence-electron chi connectivity index (χ3n) is 3.65. The molecule has 1 heterocycles. The van der Waals surface area contributed by atoms with E-state index in [1.165, 1.54) is 5.56 Å². The maximum absolute atomic E-state index is 12.5. The molecular formula is C17H16O3. The van der Waals surface area contributed by atoms with Gasteiger partial charge in [-0.2, -0.15) is 0 Å². The molecule has 0 aromatic heterocycles. The summed E-state index contributed by atoms with van der Waals surface area (Å²) in [6.45, 7) is 3.19. The van der Waals surface area contributed by atoms with Crippen LogP contribution in [0.5, 0.6) is 5.75 Å². The van der Waals surface area contributed by atoms with E-state index >= 15 is 0 Å². The first-order valence-electron chi connectivity index (χ1n) is 6.58. The maximum Gasteiger partial charge on any atom is 0.193 e. The number of ether oxygens (including phenoxy) is 2. The van der Waals surface area contributed by atoms with Gasteiger partial charge in [-0.25, -0.2) is 0 Å². The summed E-state index contributed by atoms with van der Waals surface area (Å²) >= 11 is 0. The molecule has 0 radical (unpaired) electrons. The molecule has 3 nitrogen and oxygen atoms in total. The Kier molecular flexibility index (Phi) is 3.28. The number of carbonyl (C=O) groups excluding carboxylic acids is 1. The van der Waals surface area contributed by atoms with Crippen LogP contribution in [0.2, 0.25) is 0 Å². The van der Waals surface area contributed by atoms with Crippen LogP contribution in [0.3, 0.4) is 0 Å². The molecule has 2 aromatic carbocycles. The van der Waals surface area contributed by atoms with Gasteiger partial charge < -0.3 is 9.47 Å². The Labute approximate surface area is 118 Å². The summed E-state index contributed by atoms with van der Waals surface area (Å²) < 4.78 is 10.6. The topological polar surface area (TPSA) is 35.5 Å². The van der Waals surface area contributed by atoms with Gasteiger partial charge in [-0.15, -0.1) is 0 Å². The van der Waals surface area contributed by atoms with Crippen LogP contribution >= 0.6 is 0 Å². The molecule has 20 heavy (non-hydrogen) atoms. The molecule has 0 atom stereocenters. The second-order valence-electron chi connectivity index (χ2n) is 4.99. The lowest BCUT2D eigenvalue weighted by Crippen LogP contribution is -2.03. The summed E-state index contributed by atoms with van der Waals surface area (Å²) in [6.07, 6.45) is 0. The second-order valence-corrected chi connectivity index (χ2v) is 4.99. The van der Waals surface area contributed by atoms with Gasteiger partial charge in [0.05, 0.1) is 20.3 Å². The van der Waals surface area contributed by atoms with E-state index in [4.69, 9.17) is 9.47 Å². The van der Waals surface area contributed by atoms with Gasteiger partial charge in [0.1, 0.15) is 5.75 Å². The predicted octanol–water partition coefficient (Wildman–Crippen LogP) is 3.26. The highest BCUT2D eigenvalue weighted by atomic mass is 16.5. The zero-order chi connectivity index (χ0) is 14.1. The molecule has 0 saturated carbocycles. The summed E-state index contributed by atoms with van der Waals surface area (Å²) in [5, 5.41) is 0. The van der Waals surface area contributed by atoms with Crippen LogP contribution in [-0.4, -0.2) is 12.9 Å². The lowest BCUT2D eigenvalue weighted by Gasteiger charge is -2.08. The summed E-state index contributed by atoms with van der Waals surface area (Å²) in [5.41, 5.74) is 4.64. The van der Waals surface area contributed by atoms with Gasteiger partial charge in [0, 0.05) is 11.1 Å². The molecule has 0 spiro atoms. The van der Waals surface area contributed by atoms with Crippen molar-refractivity contribution in [3.05, 3.63) is 64.2 Å². The Morgan fingerprint density at radius 1 is 1.05 bits per heavy atom. The van der Waals surface area contributed by atoms with E-state index in [2.05, 4.69) is 0 Å². The Morgan fingerprint density at radius 3 is 2.55 bits per heavy atom. The van der Waals surface area contributed by atoms with Crippen molar-refractivity contribution < 1.29 is 14.3 Å². The Bertz CT molecular complexity index is 661. The van der Waals surface area contributed by atoms with Crippen LogP contribution in [0.15, 0.2) is 36.4 Å². The molecule has 0 aliphatic carbocycles. The minimum Gasteiger partial charge on any atom is -0.496 e. The van der Waals surface area contributed by atoms with Crippen molar-refractivity contribution in [2.24, 2.45) is 0 Å². The van der Waals surface area contributed by atoms with Crippen LogP contribution in [-0.2, 0) is 18.0 Å². The molecule has 0 bridgehead atoms. The molecular weight excluding hydrogens is 252 g/mol. The first-order valence-corrected chi connectivity index (χ1v) is 6.58. The standard InChI is InChI=1S/C17H16O3/c1-11-3-4-13(8-16(11)19-2)17(18)12-5-6-14-9-20-10-15(14)7-12/h3-8H,9-10H2,1-2H3. The van der Waals surface area contributed by atoms with Gasteiger partial charge in [0.15, 0.2) is 5.78 Å². The van der Waals surface area contributed by atoms with Crippen LogP contribution < -0.4 is 4.74 Å². The molecule has 0 saturated heterocycles. The highest BCUT2D eigenvalue weighted by Crippen LogP contribution is 2.24. The molecule has 3 rings (SSSR count). The Morgan fingerprint density at radius 2 is 1.75 bits per heavy atom. The van der Waals surface area contributed by atoms with Gasteiger partial charge in [-0.1, -0.05) is 24.3 Å². The number of carbonyl (C=O) groups is 1. The molecule has 2 aromatic rings. The molecule has 0 N–H and O–H groups in total. The molecule has 0 fully saturated rings. The van der Waals surface area contributed by atoms with Crippen molar-refractivity contribution in [1.29, 1.82) is 0 Å². The number of hydrogen-bond acceptors (Lipinski definition) is 3. The number of aryl methyl sites for hydroxylation is 1. The van der Waals surface area contributed by atoms with Crippen LogP contribution in [0.4, 0.5) is 0 Å². The van der Waals surface area contributed by atoms with E-state index in [-0.39, 0.29) is 5.78 Å². The smallest absolute Gasteiger partial charge is 0.193 e. The fourth-order valence-corrected chi connectivity index (χ4v) is 2.44. The van der Waals surface area contributed by atoms with Crippen molar-refractivity contribution >= 4 is 5.78 Å². The van der Waals surface area contributed by atoms with E-state index in [1.807, 2.05) is 37.3 Å². The quantitative estimate of drug-likeness (QED) is 0.801. The van der Waals surface area contributed by atoms with E-state index in [9.17, 15) is 4.79 Å². The number of benzene rings is 2. The van der Waals surface area contributed by atoms with Crippen molar-refractivity contribution in [2.45, 2.75) is 20.1 Å². The lowest BCUT2D eigenvalue weighted by molar-refractivity contribution is 0.103. The third-order valence-corrected chi connectivity index (χ3v) is 3.65. The normalized spacial score (nSPS) is 13.1. The van der Waals surface area contributed by atoms with Gasteiger partial charge >= 0.3 is 0 Å². The van der Waals surface area contributed by atoms with Crippen molar-refractivity contribution in [1.82, 2.24) is 0 Å². The number of hydrogen-bond donors (Lipinski definition) is 0. The van der Waals surface area contributed by atoms with Gasteiger partial charge in [0.2, 0.25) is 0 Å². The van der Waals surface area contributed by atoms with Gasteiger partial charge in [0.25, 0.3) is 0 Å². The summed E-state index contributed by atoms with van der Waals surface area (Å²) in [7, 11) is 1.61. The van der Waals surface area contributed by atoms with E-state index < -0.39 is 0 Å². The Balaban J connectivity index is 1.96. The van der Waals surface area contributed by atoms with Crippen molar-refractivity contribution in [3.63, 3.8) is 0 Å². The zero-order valence-electron chi connectivity index (χ0n) is 11.6. The minimum atomic E-state index is 0.0120. The maximum atomic E-state index is 12.5.